The fourth-order valence-electron chi connectivity index (χ4n) is 2.43. The Hall–Kier alpha value is -3.19. The second-order valence-electron chi connectivity index (χ2n) is 5.46. The largest absolute Gasteiger partial charge is 0.461 e. The molecule has 0 fully saturated rings. The van der Waals surface area contributed by atoms with Crippen molar-refractivity contribution in [3.05, 3.63) is 78.6 Å². The molecule has 0 saturated heterocycles. The molecule has 0 unspecified atom stereocenters. The summed E-state index contributed by atoms with van der Waals surface area (Å²) in [4.78, 5) is 0. The number of nitrogen functional groups attached to an aromatic ring is 1. The molecule has 0 aliphatic rings. The maximum absolute atomic E-state index is 6.10. The predicted molar refractivity (Wildman–Crippen MR) is 100 cm³/mol. The summed E-state index contributed by atoms with van der Waals surface area (Å²) in [6.45, 7) is 0. The van der Waals surface area contributed by atoms with Crippen LogP contribution < -0.4 is 10.6 Å². The molecular weight excluding hydrogens is 348 g/mol. The van der Waals surface area contributed by atoms with Crippen LogP contribution in [0.4, 0.5) is 0 Å². The molecule has 130 valence electrons. The number of nitrogens with two attached hydrogens (primary N) is 1. The third-order valence-electron chi connectivity index (χ3n) is 3.71. The van der Waals surface area contributed by atoms with Gasteiger partial charge in [0.25, 0.3) is 0 Å². The van der Waals surface area contributed by atoms with Crippen molar-refractivity contribution in [1.82, 2.24) is 14.9 Å². The second-order valence-corrected chi connectivity index (χ2v) is 6.41. The number of nitrogens with zero attached hydrogens (tertiary/aromatic N) is 3. The first-order chi connectivity index (χ1) is 12.8. The van der Waals surface area contributed by atoms with Crippen molar-refractivity contribution < 1.29 is 9.15 Å². The lowest BCUT2D eigenvalue weighted by molar-refractivity contribution is 0.478. The van der Waals surface area contributed by atoms with Gasteiger partial charge in [0, 0.05) is 11.3 Å². The molecule has 0 spiro atoms. The van der Waals surface area contributed by atoms with Gasteiger partial charge in [-0.2, -0.15) is 0 Å². The van der Waals surface area contributed by atoms with Gasteiger partial charge in [-0.05, 0) is 30.3 Å². The number of thioether (sulfide) groups is 1. The molecule has 6 nitrogen and oxygen atoms in total. The fourth-order valence-corrected chi connectivity index (χ4v) is 3.28. The van der Waals surface area contributed by atoms with Gasteiger partial charge in [0.1, 0.15) is 11.5 Å². The van der Waals surface area contributed by atoms with E-state index < -0.39 is 0 Å². The van der Waals surface area contributed by atoms with E-state index in [2.05, 4.69) is 10.2 Å². The average molecular weight is 364 g/mol. The third kappa shape index (κ3) is 3.43. The predicted octanol–water partition coefficient (Wildman–Crippen LogP) is 4.34. The SMILES string of the molecule is Nn1c(SCc2ccccc2Oc2ccccc2)nnc1-c1ccco1. The quantitative estimate of drug-likeness (QED) is 0.405. The van der Waals surface area contributed by atoms with Gasteiger partial charge in [0.2, 0.25) is 11.0 Å². The van der Waals surface area contributed by atoms with Crippen LogP contribution in [-0.2, 0) is 5.75 Å². The topological polar surface area (TPSA) is 79.1 Å². The Kier molecular flexibility index (Phi) is 4.61. The van der Waals surface area contributed by atoms with Gasteiger partial charge < -0.3 is 15.0 Å². The molecule has 0 bridgehead atoms. The van der Waals surface area contributed by atoms with Crippen molar-refractivity contribution in [2.24, 2.45) is 0 Å². The molecular formula is C19H16N4O2S. The number of para-hydroxylation sites is 2. The Morgan fingerprint density at radius 2 is 1.77 bits per heavy atom. The fraction of sp³-hybridized carbons (Fsp3) is 0.0526. The number of hydrogen-bond donors (Lipinski definition) is 1. The van der Waals surface area contributed by atoms with Crippen LogP contribution in [0.3, 0.4) is 0 Å². The molecule has 2 heterocycles. The lowest BCUT2D eigenvalue weighted by Gasteiger charge is -2.10. The van der Waals surface area contributed by atoms with Crippen molar-refractivity contribution in [2.75, 3.05) is 5.84 Å². The van der Waals surface area contributed by atoms with Gasteiger partial charge in [-0.25, -0.2) is 4.68 Å². The van der Waals surface area contributed by atoms with E-state index in [4.69, 9.17) is 15.0 Å². The number of benzene rings is 2. The maximum Gasteiger partial charge on any atom is 0.218 e. The summed E-state index contributed by atoms with van der Waals surface area (Å²) in [5.41, 5.74) is 1.05. The summed E-state index contributed by atoms with van der Waals surface area (Å²) in [6.07, 6.45) is 1.58. The van der Waals surface area contributed by atoms with Gasteiger partial charge in [-0.15, -0.1) is 10.2 Å². The van der Waals surface area contributed by atoms with E-state index in [9.17, 15) is 0 Å². The summed E-state index contributed by atoms with van der Waals surface area (Å²) in [6, 6.07) is 21.2. The van der Waals surface area contributed by atoms with E-state index in [0.29, 0.717) is 22.5 Å². The van der Waals surface area contributed by atoms with Crippen molar-refractivity contribution in [3.63, 3.8) is 0 Å². The first kappa shape index (κ1) is 16.3. The standard InChI is InChI=1S/C19H16N4O2S/c20-23-18(17-11-6-12-24-17)21-22-19(23)26-13-14-7-4-5-10-16(14)25-15-8-2-1-3-9-15/h1-12H,13,20H2. The molecule has 0 saturated carbocycles. The van der Waals surface area contributed by atoms with Crippen LogP contribution in [0.5, 0.6) is 11.5 Å². The molecule has 26 heavy (non-hydrogen) atoms. The normalized spacial score (nSPS) is 10.8. The van der Waals surface area contributed by atoms with Crippen LogP contribution >= 0.6 is 11.8 Å². The molecule has 0 aliphatic heterocycles. The zero-order valence-electron chi connectivity index (χ0n) is 13.8. The van der Waals surface area contributed by atoms with Crippen LogP contribution in [0.25, 0.3) is 11.6 Å². The number of aromatic nitrogens is 3. The lowest BCUT2D eigenvalue weighted by atomic mass is 10.2. The molecule has 4 aromatic rings. The number of rotatable bonds is 6. The summed E-state index contributed by atoms with van der Waals surface area (Å²) in [5, 5.41) is 8.86. The van der Waals surface area contributed by atoms with Crippen molar-refractivity contribution >= 4 is 11.8 Å². The number of hydrogen-bond acceptors (Lipinski definition) is 6. The highest BCUT2D eigenvalue weighted by Gasteiger charge is 2.15. The van der Waals surface area contributed by atoms with Crippen molar-refractivity contribution in [3.8, 4) is 23.1 Å². The number of furan rings is 1. The van der Waals surface area contributed by atoms with Crippen LogP contribution in [-0.4, -0.2) is 14.9 Å². The van der Waals surface area contributed by atoms with E-state index in [1.807, 2.05) is 54.6 Å². The molecule has 0 aliphatic carbocycles. The maximum atomic E-state index is 6.10. The molecule has 2 N–H and O–H groups in total. The minimum Gasteiger partial charge on any atom is -0.461 e. The average Bonchev–Trinajstić information content (AvgIpc) is 3.32. The highest BCUT2D eigenvalue weighted by molar-refractivity contribution is 7.98. The number of ether oxygens (including phenoxy) is 1. The van der Waals surface area contributed by atoms with Crippen molar-refractivity contribution in [1.29, 1.82) is 0 Å². The van der Waals surface area contributed by atoms with Gasteiger partial charge in [0.05, 0.1) is 6.26 Å². The molecule has 0 atom stereocenters. The van der Waals surface area contributed by atoms with E-state index in [1.54, 1.807) is 18.4 Å². The summed E-state index contributed by atoms with van der Waals surface area (Å²) in [5.74, 6) is 9.43. The highest BCUT2D eigenvalue weighted by Crippen LogP contribution is 2.31. The minimum absolute atomic E-state index is 0.492. The summed E-state index contributed by atoms with van der Waals surface area (Å²) in [7, 11) is 0. The van der Waals surface area contributed by atoms with Crippen LogP contribution in [0.2, 0.25) is 0 Å². The molecule has 0 amide bonds. The Balaban J connectivity index is 1.51. The van der Waals surface area contributed by atoms with Crippen molar-refractivity contribution in [2.45, 2.75) is 10.9 Å². The molecule has 7 heteroatoms. The van der Waals surface area contributed by atoms with E-state index in [-0.39, 0.29) is 0 Å². The van der Waals surface area contributed by atoms with Crippen LogP contribution in [0.1, 0.15) is 5.56 Å². The monoisotopic (exact) mass is 364 g/mol. The third-order valence-corrected chi connectivity index (χ3v) is 4.70. The zero-order chi connectivity index (χ0) is 17.8. The molecule has 4 rings (SSSR count). The Morgan fingerprint density at radius 3 is 2.58 bits per heavy atom. The van der Waals surface area contributed by atoms with E-state index >= 15 is 0 Å². The van der Waals surface area contributed by atoms with E-state index in [1.165, 1.54) is 16.4 Å². The van der Waals surface area contributed by atoms with Gasteiger partial charge >= 0.3 is 0 Å². The first-order valence-electron chi connectivity index (χ1n) is 7.99. The van der Waals surface area contributed by atoms with E-state index in [0.717, 1.165) is 17.1 Å². The Bertz CT molecular complexity index is 984. The highest BCUT2D eigenvalue weighted by atomic mass is 32.2. The Morgan fingerprint density at radius 1 is 0.962 bits per heavy atom. The van der Waals surface area contributed by atoms with Crippen LogP contribution in [0.15, 0.2) is 82.6 Å². The van der Waals surface area contributed by atoms with Gasteiger partial charge in [0.15, 0.2) is 5.76 Å². The van der Waals surface area contributed by atoms with Gasteiger partial charge in [-0.1, -0.05) is 48.2 Å². The summed E-state index contributed by atoms with van der Waals surface area (Å²) < 4.78 is 12.8. The minimum atomic E-state index is 0.492. The smallest absolute Gasteiger partial charge is 0.218 e. The van der Waals surface area contributed by atoms with Crippen LogP contribution in [0, 0.1) is 0 Å². The molecule has 2 aromatic heterocycles. The molecule has 0 radical (unpaired) electrons. The first-order valence-corrected chi connectivity index (χ1v) is 8.98. The second kappa shape index (κ2) is 7.37. The zero-order valence-corrected chi connectivity index (χ0v) is 14.6. The Labute approximate surface area is 154 Å². The summed E-state index contributed by atoms with van der Waals surface area (Å²) >= 11 is 1.49. The lowest BCUT2D eigenvalue weighted by Crippen LogP contribution is -2.11. The molecule has 2 aromatic carbocycles. The van der Waals surface area contributed by atoms with Gasteiger partial charge in [-0.3, -0.25) is 0 Å².